The number of hydrogen-bond donors (Lipinski definition) is 1. The third kappa shape index (κ3) is 3.93. The number of aliphatic hydroxyl groups is 1. The van der Waals surface area contributed by atoms with Gasteiger partial charge in [-0.25, -0.2) is 9.78 Å². The SMILES string of the molecule is CCOCn1cnc2c1c(=O)n(CCCCC(C)(C)O)c(=O)n2C. The van der Waals surface area contributed by atoms with E-state index in [-0.39, 0.29) is 18.0 Å². The van der Waals surface area contributed by atoms with Gasteiger partial charge in [-0.3, -0.25) is 13.9 Å². The van der Waals surface area contributed by atoms with E-state index in [9.17, 15) is 14.7 Å². The topological polar surface area (TPSA) is 91.3 Å². The molecule has 2 rings (SSSR count). The average molecular weight is 338 g/mol. The maximum Gasteiger partial charge on any atom is 0.332 e. The van der Waals surface area contributed by atoms with E-state index in [2.05, 4.69) is 4.98 Å². The fourth-order valence-electron chi connectivity index (χ4n) is 2.63. The number of aryl methyl sites for hydroxylation is 1. The average Bonchev–Trinajstić information content (AvgIpc) is 2.93. The van der Waals surface area contributed by atoms with Crippen LogP contribution in [-0.4, -0.2) is 36.0 Å². The molecule has 0 aromatic carbocycles. The van der Waals surface area contributed by atoms with Gasteiger partial charge in [-0.15, -0.1) is 0 Å². The van der Waals surface area contributed by atoms with Crippen LogP contribution in [-0.2, 0) is 25.1 Å². The van der Waals surface area contributed by atoms with Crippen LogP contribution in [0.3, 0.4) is 0 Å². The Morgan fingerprint density at radius 3 is 2.62 bits per heavy atom. The minimum Gasteiger partial charge on any atom is -0.390 e. The molecule has 0 aliphatic rings. The number of fused-ring (bicyclic) bond motifs is 1. The smallest absolute Gasteiger partial charge is 0.332 e. The predicted octanol–water partition coefficient (Wildman–Crippen LogP) is 0.832. The van der Waals surface area contributed by atoms with E-state index in [0.29, 0.717) is 37.2 Å². The molecule has 0 radical (unpaired) electrons. The first-order valence-corrected chi connectivity index (χ1v) is 8.21. The third-order valence-electron chi connectivity index (χ3n) is 3.96. The molecule has 0 atom stereocenters. The summed E-state index contributed by atoms with van der Waals surface area (Å²) in [7, 11) is 1.61. The molecule has 0 fully saturated rings. The summed E-state index contributed by atoms with van der Waals surface area (Å²) in [4.78, 5) is 29.3. The van der Waals surface area contributed by atoms with Crippen molar-refractivity contribution in [3.8, 4) is 0 Å². The second-order valence-corrected chi connectivity index (χ2v) is 6.58. The highest BCUT2D eigenvalue weighted by Gasteiger charge is 2.16. The Hall–Kier alpha value is -1.93. The summed E-state index contributed by atoms with van der Waals surface area (Å²) in [5.41, 5.74) is -0.743. The summed E-state index contributed by atoms with van der Waals surface area (Å²) < 4.78 is 9.58. The van der Waals surface area contributed by atoms with Crippen LogP contribution >= 0.6 is 0 Å². The molecule has 8 nitrogen and oxygen atoms in total. The number of hydrogen-bond acceptors (Lipinski definition) is 5. The van der Waals surface area contributed by atoms with Crippen LogP contribution in [0.25, 0.3) is 11.2 Å². The number of unbranched alkanes of at least 4 members (excludes halogenated alkanes) is 1. The Balaban J connectivity index is 2.32. The van der Waals surface area contributed by atoms with Crippen molar-refractivity contribution in [2.24, 2.45) is 7.05 Å². The van der Waals surface area contributed by atoms with Crippen molar-refractivity contribution in [1.29, 1.82) is 0 Å². The van der Waals surface area contributed by atoms with E-state index >= 15 is 0 Å². The van der Waals surface area contributed by atoms with Crippen LogP contribution in [0.5, 0.6) is 0 Å². The van der Waals surface area contributed by atoms with Crippen molar-refractivity contribution in [1.82, 2.24) is 18.7 Å². The zero-order valence-electron chi connectivity index (χ0n) is 14.8. The first-order valence-electron chi connectivity index (χ1n) is 8.21. The summed E-state index contributed by atoms with van der Waals surface area (Å²) in [6, 6.07) is 0. The van der Waals surface area contributed by atoms with Gasteiger partial charge in [0.2, 0.25) is 0 Å². The van der Waals surface area contributed by atoms with Gasteiger partial charge in [0.15, 0.2) is 11.2 Å². The maximum atomic E-state index is 12.7. The normalized spacial score (nSPS) is 12.2. The van der Waals surface area contributed by atoms with Crippen molar-refractivity contribution in [3.05, 3.63) is 27.2 Å². The van der Waals surface area contributed by atoms with Crippen LogP contribution in [0.4, 0.5) is 0 Å². The molecule has 1 N–H and O–H groups in total. The summed E-state index contributed by atoms with van der Waals surface area (Å²) in [5.74, 6) is 0. The van der Waals surface area contributed by atoms with Gasteiger partial charge < -0.3 is 14.4 Å². The van der Waals surface area contributed by atoms with E-state index in [0.717, 1.165) is 6.42 Å². The minimum absolute atomic E-state index is 0.221. The zero-order chi connectivity index (χ0) is 17.9. The number of rotatable bonds is 8. The number of imidazole rings is 1. The lowest BCUT2D eigenvalue weighted by atomic mass is 10.0. The van der Waals surface area contributed by atoms with Crippen molar-refractivity contribution in [2.75, 3.05) is 6.61 Å². The highest BCUT2D eigenvalue weighted by atomic mass is 16.5. The van der Waals surface area contributed by atoms with Gasteiger partial charge in [-0.1, -0.05) is 0 Å². The molecule has 0 unspecified atom stereocenters. The standard InChI is InChI=1S/C16H26N4O4/c1-5-24-11-19-10-17-13-12(19)14(21)20(15(22)18(13)4)9-7-6-8-16(2,3)23/h10,23H,5-9,11H2,1-4H3. The summed E-state index contributed by atoms with van der Waals surface area (Å²) in [6.45, 7) is 6.43. The Morgan fingerprint density at radius 2 is 2.00 bits per heavy atom. The Kier molecular flexibility index (Phi) is 5.61. The van der Waals surface area contributed by atoms with Crippen molar-refractivity contribution >= 4 is 11.2 Å². The molecule has 0 bridgehead atoms. The number of nitrogens with zero attached hydrogens (tertiary/aromatic N) is 4. The van der Waals surface area contributed by atoms with E-state index in [1.165, 1.54) is 15.5 Å². The third-order valence-corrected chi connectivity index (χ3v) is 3.96. The van der Waals surface area contributed by atoms with Gasteiger partial charge in [0, 0.05) is 20.2 Å². The van der Waals surface area contributed by atoms with E-state index < -0.39 is 5.60 Å². The van der Waals surface area contributed by atoms with Crippen LogP contribution in [0, 0.1) is 0 Å². The lowest BCUT2D eigenvalue weighted by Gasteiger charge is -2.16. The van der Waals surface area contributed by atoms with Crippen molar-refractivity contribution in [3.63, 3.8) is 0 Å². The molecular formula is C16H26N4O4. The van der Waals surface area contributed by atoms with Crippen molar-refractivity contribution < 1.29 is 9.84 Å². The van der Waals surface area contributed by atoms with Crippen LogP contribution in [0.2, 0.25) is 0 Å². The van der Waals surface area contributed by atoms with E-state index in [1.54, 1.807) is 25.5 Å². The largest absolute Gasteiger partial charge is 0.390 e. The van der Waals surface area contributed by atoms with Crippen LogP contribution in [0.1, 0.15) is 40.0 Å². The Labute approximate surface area is 140 Å². The number of ether oxygens (including phenoxy) is 1. The second-order valence-electron chi connectivity index (χ2n) is 6.58. The molecule has 2 aromatic rings. The maximum absolute atomic E-state index is 12.7. The van der Waals surface area contributed by atoms with Gasteiger partial charge in [-0.05, 0) is 40.0 Å². The fourth-order valence-corrected chi connectivity index (χ4v) is 2.63. The molecule has 2 heterocycles. The van der Waals surface area contributed by atoms with Gasteiger partial charge in [0.1, 0.15) is 6.73 Å². The van der Waals surface area contributed by atoms with Crippen LogP contribution < -0.4 is 11.2 Å². The molecule has 0 aliphatic carbocycles. The van der Waals surface area contributed by atoms with E-state index in [1.807, 2.05) is 6.92 Å². The van der Waals surface area contributed by atoms with Gasteiger partial charge in [-0.2, -0.15) is 0 Å². The molecule has 0 amide bonds. The zero-order valence-corrected chi connectivity index (χ0v) is 14.8. The summed E-state index contributed by atoms with van der Waals surface area (Å²) in [5, 5.41) is 9.74. The minimum atomic E-state index is -0.740. The Bertz CT molecular complexity index is 810. The van der Waals surface area contributed by atoms with Crippen molar-refractivity contribution in [2.45, 2.75) is 58.9 Å². The molecule has 0 saturated heterocycles. The molecule has 2 aromatic heterocycles. The molecular weight excluding hydrogens is 312 g/mol. The quantitative estimate of drug-likeness (QED) is 0.720. The van der Waals surface area contributed by atoms with Gasteiger partial charge >= 0.3 is 5.69 Å². The lowest BCUT2D eigenvalue weighted by Crippen LogP contribution is -2.39. The van der Waals surface area contributed by atoms with Gasteiger partial charge in [0.25, 0.3) is 5.56 Å². The molecule has 0 aliphatic heterocycles. The second kappa shape index (κ2) is 7.31. The highest BCUT2D eigenvalue weighted by Crippen LogP contribution is 2.12. The molecule has 134 valence electrons. The van der Waals surface area contributed by atoms with E-state index in [4.69, 9.17) is 4.74 Å². The first-order chi connectivity index (χ1) is 11.3. The highest BCUT2D eigenvalue weighted by molar-refractivity contribution is 5.69. The lowest BCUT2D eigenvalue weighted by molar-refractivity contribution is 0.0678. The number of aromatic nitrogens is 4. The first kappa shape index (κ1) is 18.4. The Morgan fingerprint density at radius 1 is 1.29 bits per heavy atom. The predicted molar refractivity (Wildman–Crippen MR) is 91.0 cm³/mol. The summed E-state index contributed by atoms with van der Waals surface area (Å²) >= 11 is 0. The summed E-state index contributed by atoms with van der Waals surface area (Å²) in [6.07, 6.45) is 3.51. The molecule has 0 spiro atoms. The van der Waals surface area contributed by atoms with Gasteiger partial charge in [0.05, 0.1) is 11.9 Å². The van der Waals surface area contributed by atoms with Crippen LogP contribution in [0.15, 0.2) is 15.9 Å². The molecule has 24 heavy (non-hydrogen) atoms. The molecule has 8 heteroatoms. The monoisotopic (exact) mass is 338 g/mol. The molecule has 0 saturated carbocycles. The fraction of sp³-hybridized carbons (Fsp3) is 0.688.